The van der Waals surface area contributed by atoms with Crippen LogP contribution in [-0.2, 0) is 4.74 Å². The van der Waals surface area contributed by atoms with Crippen LogP contribution in [0, 0.1) is 0 Å². The van der Waals surface area contributed by atoms with Crippen LogP contribution >= 0.6 is 11.8 Å². The number of hydrogen-bond acceptors (Lipinski definition) is 6. The van der Waals surface area contributed by atoms with E-state index >= 15 is 0 Å². The first kappa shape index (κ1) is 15.6. The molecule has 0 fully saturated rings. The Bertz CT molecular complexity index is 440. The Morgan fingerprint density at radius 3 is 2.89 bits per heavy atom. The zero-order chi connectivity index (χ0) is 14.4. The van der Waals surface area contributed by atoms with Crippen LogP contribution in [0.3, 0.4) is 0 Å². The number of ether oxygens (including phenoxy) is 1. The van der Waals surface area contributed by atoms with Crippen molar-refractivity contribution in [3.63, 3.8) is 0 Å². The number of carbonyl (C=O) groups is 1. The second-order valence-electron chi connectivity index (χ2n) is 4.26. The summed E-state index contributed by atoms with van der Waals surface area (Å²) >= 11 is 1.76. The lowest BCUT2D eigenvalue weighted by molar-refractivity contribution is 0.0527. The molecular weight excluding hydrogens is 262 g/mol. The Balaban J connectivity index is 3.08. The molecule has 0 saturated carbocycles. The van der Waals surface area contributed by atoms with Crippen molar-refractivity contribution in [1.29, 1.82) is 0 Å². The Kier molecular flexibility index (Phi) is 5.95. The Hall–Kier alpha value is -1.43. The average Bonchev–Trinajstić information content (AvgIpc) is 2.38. The van der Waals surface area contributed by atoms with Crippen LogP contribution in [0.4, 0.5) is 11.5 Å². The SMILES string of the molecule is CCOC(=O)c1cc(N)ncc1N(C)C(C)CSC. The molecule has 0 aliphatic carbocycles. The molecule has 0 aliphatic heterocycles. The van der Waals surface area contributed by atoms with E-state index in [4.69, 9.17) is 10.5 Å². The molecule has 0 amide bonds. The van der Waals surface area contributed by atoms with Crippen LogP contribution < -0.4 is 10.6 Å². The lowest BCUT2D eigenvalue weighted by Gasteiger charge is -2.27. The molecule has 1 heterocycles. The number of thioether (sulfide) groups is 1. The van der Waals surface area contributed by atoms with Crippen molar-refractivity contribution in [2.75, 3.05) is 36.3 Å². The van der Waals surface area contributed by atoms with Gasteiger partial charge in [-0.05, 0) is 26.2 Å². The zero-order valence-corrected chi connectivity index (χ0v) is 12.7. The Morgan fingerprint density at radius 2 is 2.32 bits per heavy atom. The highest BCUT2D eigenvalue weighted by molar-refractivity contribution is 7.98. The zero-order valence-electron chi connectivity index (χ0n) is 11.8. The van der Waals surface area contributed by atoms with Crippen molar-refractivity contribution in [2.24, 2.45) is 0 Å². The van der Waals surface area contributed by atoms with Gasteiger partial charge in [0.15, 0.2) is 0 Å². The van der Waals surface area contributed by atoms with Crippen molar-refractivity contribution in [2.45, 2.75) is 19.9 Å². The van der Waals surface area contributed by atoms with Gasteiger partial charge < -0.3 is 15.4 Å². The minimum absolute atomic E-state index is 0.286. The molecule has 1 aromatic heterocycles. The number of aromatic nitrogens is 1. The highest BCUT2D eigenvalue weighted by Gasteiger charge is 2.19. The maximum Gasteiger partial charge on any atom is 0.340 e. The summed E-state index contributed by atoms with van der Waals surface area (Å²) < 4.78 is 5.06. The highest BCUT2D eigenvalue weighted by Crippen LogP contribution is 2.23. The molecule has 1 unspecified atom stereocenters. The number of esters is 1. The third kappa shape index (κ3) is 4.02. The van der Waals surface area contributed by atoms with Crippen molar-refractivity contribution < 1.29 is 9.53 Å². The number of hydrogen-bond donors (Lipinski definition) is 1. The molecule has 0 bridgehead atoms. The summed E-state index contributed by atoms with van der Waals surface area (Å²) in [5.41, 5.74) is 6.86. The van der Waals surface area contributed by atoms with Crippen molar-refractivity contribution in [3.05, 3.63) is 17.8 Å². The van der Waals surface area contributed by atoms with E-state index in [-0.39, 0.29) is 12.0 Å². The van der Waals surface area contributed by atoms with Gasteiger partial charge in [0.1, 0.15) is 5.82 Å². The smallest absolute Gasteiger partial charge is 0.340 e. The van der Waals surface area contributed by atoms with E-state index in [1.165, 1.54) is 0 Å². The molecule has 0 radical (unpaired) electrons. The fourth-order valence-electron chi connectivity index (χ4n) is 1.71. The molecular formula is C13H21N3O2S. The van der Waals surface area contributed by atoms with Crippen molar-refractivity contribution >= 4 is 29.2 Å². The van der Waals surface area contributed by atoms with E-state index in [1.54, 1.807) is 30.9 Å². The second kappa shape index (κ2) is 7.23. The molecule has 1 atom stereocenters. The molecule has 106 valence electrons. The van der Waals surface area contributed by atoms with Crippen LogP contribution in [0.2, 0.25) is 0 Å². The summed E-state index contributed by atoms with van der Waals surface area (Å²) in [7, 11) is 1.94. The number of rotatable bonds is 6. The van der Waals surface area contributed by atoms with Crippen LogP contribution in [0.1, 0.15) is 24.2 Å². The maximum atomic E-state index is 12.0. The quantitative estimate of drug-likeness (QED) is 0.806. The van der Waals surface area contributed by atoms with E-state index in [0.29, 0.717) is 18.0 Å². The van der Waals surface area contributed by atoms with E-state index in [0.717, 1.165) is 11.4 Å². The summed E-state index contributed by atoms with van der Waals surface area (Å²) in [6.45, 7) is 4.22. The molecule has 19 heavy (non-hydrogen) atoms. The monoisotopic (exact) mass is 283 g/mol. The predicted octanol–water partition coefficient (Wildman–Crippen LogP) is 2.03. The first-order valence-electron chi connectivity index (χ1n) is 6.15. The van der Waals surface area contributed by atoms with Gasteiger partial charge in [0.2, 0.25) is 0 Å². The fraction of sp³-hybridized carbons (Fsp3) is 0.538. The molecule has 1 aromatic rings. The third-order valence-electron chi connectivity index (χ3n) is 2.85. The highest BCUT2D eigenvalue weighted by atomic mass is 32.2. The molecule has 6 heteroatoms. The van der Waals surface area contributed by atoms with Gasteiger partial charge >= 0.3 is 5.97 Å². The normalized spacial score (nSPS) is 12.0. The number of carbonyl (C=O) groups excluding carboxylic acids is 1. The minimum atomic E-state index is -0.366. The molecule has 0 saturated heterocycles. The van der Waals surface area contributed by atoms with Gasteiger partial charge in [-0.2, -0.15) is 11.8 Å². The maximum absolute atomic E-state index is 12.0. The first-order valence-corrected chi connectivity index (χ1v) is 7.55. The lowest BCUT2D eigenvalue weighted by Crippen LogP contribution is -2.32. The summed E-state index contributed by atoms with van der Waals surface area (Å²) in [6, 6.07) is 1.85. The largest absolute Gasteiger partial charge is 0.462 e. The third-order valence-corrected chi connectivity index (χ3v) is 3.66. The van der Waals surface area contributed by atoms with Crippen molar-refractivity contribution in [1.82, 2.24) is 4.98 Å². The molecule has 2 N–H and O–H groups in total. The standard InChI is InChI=1S/C13H21N3O2S/c1-5-18-13(17)10-6-12(14)15-7-11(10)16(3)9(2)8-19-4/h6-7,9H,5,8H2,1-4H3,(H2,14,15). The minimum Gasteiger partial charge on any atom is -0.462 e. The number of nitrogens with two attached hydrogens (primary N) is 1. The average molecular weight is 283 g/mol. The van der Waals surface area contributed by atoms with Gasteiger partial charge in [-0.3, -0.25) is 0 Å². The number of nitrogen functional groups attached to an aromatic ring is 1. The summed E-state index contributed by atoms with van der Waals surface area (Å²) in [6.07, 6.45) is 3.68. The van der Waals surface area contributed by atoms with Gasteiger partial charge in [0.25, 0.3) is 0 Å². The Labute approximate surface area is 118 Å². The number of pyridine rings is 1. The molecule has 5 nitrogen and oxygen atoms in total. The molecule has 0 spiro atoms. The van der Waals surface area contributed by atoms with E-state index in [9.17, 15) is 4.79 Å². The number of anilines is 2. The van der Waals surface area contributed by atoms with E-state index < -0.39 is 0 Å². The first-order chi connectivity index (χ1) is 9.01. The van der Waals surface area contributed by atoms with E-state index in [2.05, 4.69) is 18.2 Å². The van der Waals surface area contributed by atoms with Gasteiger partial charge in [-0.15, -0.1) is 0 Å². The van der Waals surface area contributed by atoms with Gasteiger partial charge in [0, 0.05) is 18.8 Å². The lowest BCUT2D eigenvalue weighted by atomic mass is 10.2. The topological polar surface area (TPSA) is 68.5 Å². The van der Waals surface area contributed by atoms with Gasteiger partial charge in [-0.25, -0.2) is 9.78 Å². The molecule has 0 aromatic carbocycles. The summed E-state index contributed by atoms with van der Waals surface area (Å²) in [5.74, 6) is 0.913. The van der Waals surface area contributed by atoms with Crippen molar-refractivity contribution in [3.8, 4) is 0 Å². The number of nitrogens with zero attached hydrogens (tertiary/aromatic N) is 2. The molecule has 1 rings (SSSR count). The van der Waals surface area contributed by atoms with Crippen LogP contribution in [0.15, 0.2) is 12.3 Å². The Morgan fingerprint density at radius 1 is 1.63 bits per heavy atom. The van der Waals surface area contributed by atoms with Gasteiger partial charge in [-0.1, -0.05) is 0 Å². The van der Waals surface area contributed by atoms with Crippen LogP contribution in [0.25, 0.3) is 0 Å². The van der Waals surface area contributed by atoms with E-state index in [1.807, 2.05) is 11.9 Å². The predicted molar refractivity (Wildman–Crippen MR) is 80.9 cm³/mol. The fourth-order valence-corrected chi connectivity index (χ4v) is 2.41. The second-order valence-corrected chi connectivity index (χ2v) is 5.17. The van der Waals surface area contributed by atoms with Crippen LogP contribution in [0.5, 0.6) is 0 Å². The summed E-state index contributed by atoms with van der Waals surface area (Å²) in [4.78, 5) is 18.1. The molecule has 0 aliphatic rings. The van der Waals surface area contributed by atoms with Gasteiger partial charge in [0.05, 0.1) is 24.1 Å². The van der Waals surface area contributed by atoms with Crippen LogP contribution in [-0.4, -0.2) is 42.7 Å². The summed E-state index contributed by atoms with van der Waals surface area (Å²) in [5, 5.41) is 0.